The molecule has 0 aromatic heterocycles. The van der Waals surface area contributed by atoms with Gasteiger partial charge in [0.05, 0.1) is 10.8 Å². The number of carboxylic acid groups (broad SMARTS) is 1. The van der Waals surface area contributed by atoms with Gasteiger partial charge in [-0.1, -0.05) is 44.5 Å². The molecule has 4 rings (SSSR count). The second-order valence-electron chi connectivity index (χ2n) is 12.2. The summed E-state index contributed by atoms with van der Waals surface area (Å²) in [6.07, 6.45) is 7.21. The highest BCUT2D eigenvalue weighted by Crippen LogP contribution is 2.37. The van der Waals surface area contributed by atoms with Gasteiger partial charge in [-0.2, -0.15) is 0 Å². The minimum absolute atomic E-state index is 0.00302. The first-order valence-electron chi connectivity index (χ1n) is 15.5. The summed E-state index contributed by atoms with van der Waals surface area (Å²) in [4.78, 5) is 39.0. The zero-order valence-electron chi connectivity index (χ0n) is 25.9. The fourth-order valence-electron chi connectivity index (χ4n) is 6.22. The average molecular weight is 612 g/mol. The molecule has 3 atom stereocenters. The summed E-state index contributed by atoms with van der Waals surface area (Å²) in [6.45, 7) is 11.1. The number of ether oxygens (including phenoxy) is 1. The summed E-state index contributed by atoms with van der Waals surface area (Å²) in [5, 5.41) is 20.3. The normalized spacial score (nSPS) is 19.5. The van der Waals surface area contributed by atoms with Gasteiger partial charge in [0, 0.05) is 44.4 Å². The van der Waals surface area contributed by atoms with Gasteiger partial charge in [-0.25, -0.2) is 9.18 Å². The Morgan fingerprint density at radius 3 is 2.25 bits per heavy atom. The van der Waals surface area contributed by atoms with Crippen LogP contribution in [0.4, 0.5) is 14.9 Å². The topological polar surface area (TPSA) is 113 Å². The number of hydrogen-bond acceptors (Lipinski definition) is 6. The van der Waals surface area contributed by atoms with Crippen molar-refractivity contribution in [2.75, 3.05) is 26.2 Å². The third-order valence-electron chi connectivity index (χ3n) is 8.68. The predicted molar refractivity (Wildman–Crippen MR) is 167 cm³/mol. The van der Waals surface area contributed by atoms with Crippen LogP contribution in [0.1, 0.15) is 57.9 Å². The maximum absolute atomic E-state index is 12.9. The molecule has 2 aromatic carbocycles. The van der Waals surface area contributed by atoms with Crippen molar-refractivity contribution in [3.63, 3.8) is 0 Å². The first-order valence-corrected chi connectivity index (χ1v) is 15.5. The lowest BCUT2D eigenvalue weighted by molar-refractivity contribution is -0.384. The number of rotatable bonds is 12. The number of non-ortho nitro benzene ring substituents is 1. The number of likely N-dealkylation sites (tertiary alicyclic amines) is 1. The molecule has 2 fully saturated rings. The maximum Gasteiger partial charge on any atom is 0.410 e. The highest BCUT2D eigenvalue weighted by molar-refractivity contribution is 5.70. The molecule has 0 bridgehead atoms. The van der Waals surface area contributed by atoms with Crippen molar-refractivity contribution in [2.24, 2.45) is 23.7 Å². The lowest BCUT2D eigenvalue weighted by Gasteiger charge is -2.38. The van der Waals surface area contributed by atoms with Crippen molar-refractivity contribution in [2.45, 2.75) is 65.0 Å². The molecule has 1 amide bonds. The Hall–Kier alpha value is -3.79. The Balaban J connectivity index is 0.000000662. The SMILES string of the molecule is C=CCN(C(=O)OCc1ccc([N+](=O)[O-])cc1)C1CCN(C[C@@H]2CCC(CC(C(=O)O)C(C)C)C2)CC1.Fc1ccccc1. The summed E-state index contributed by atoms with van der Waals surface area (Å²) in [5.74, 6) is 0.169. The molecule has 10 heteroatoms. The number of halogens is 1. The van der Waals surface area contributed by atoms with Crippen molar-refractivity contribution < 1.29 is 28.7 Å². The number of piperidine rings is 1. The molecule has 0 spiro atoms. The van der Waals surface area contributed by atoms with E-state index in [4.69, 9.17) is 4.74 Å². The van der Waals surface area contributed by atoms with Crippen LogP contribution in [0.5, 0.6) is 0 Å². The fraction of sp³-hybridized carbons (Fsp3) is 0.529. The fourth-order valence-corrected chi connectivity index (χ4v) is 6.22. The molecule has 44 heavy (non-hydrogen) atoms. The van der Waals surface area contributed by atoms with Gasteiger partial charge < -0.3 is 19.6 Å². The Bertz CT molecular complexity index is 1200. The van der Waals surface area contributed by atoms with E-state index in [1.165, 1.54) is 24.3 Å². The van der Waals surface area contributed by atoms with Crippen LogP contribution in [0.3, 0.4) is 0 Å². The van der Waals surface area contributed by atoms with Crippen LogP contribution in [0.2, 0.25) is 0 Å². The van der Waals surface area contributed by atoms with E-state index in [-0.39, 0.29) is 36.0 Å². The number of hydrogen-bond donors (Lipinski definition) is 1. The minimum Gasteiger partial charge on any atom is -0.481 e. The number of benzene rings is 2. The van der Waals surface area contributed by atoms with Crippen LogP contribution in [0.25, 0.3) is 0 Å². The molecular formula is C34H46FN3O6. The average Bonchev–Trinajstić information content (AvgIpc) is 3.45. The van der Waals surface area contributed by atoms with Crippen LogP contribution < -0.4 is 0 Å². The van der Waals surface area contributed by atoms with E-state index < -0.39 is 17.0 Å². The van der Waals surface area contributed by atoms with Crippen LogP contribution in [-0.4, -0.2) is 64.1 Å². The van der Waals surface area contributed by atoms with E-state index in [1.54, 1.807) is 41.3 Å². The second kappa shape index (κ2) is 17.5. The largest absolute Gasteiger partial charge is 0.481 e. The number of nitro groups is 1. The van der Waals surface area contributed by atoms with Gasteiger partial charge in [-0.05, 0) is 79.7 Å². The van der Waals surface area contributed by atoms with E-state index >= 15 is 0 Å². The standard InChI is InChI=1S/C28H41N3O6.C6H5F/c1-4-13-30(28(34)37-19-21-7-9-25(10-8-21)31(35)36)24-11-14-29(15-12-24)18-23-6-5-22(16-23)17-26(20(2)3)27(32)33;7-6-4-2-1-3-5-6/h4,7-10,20,22-24,26H,1,5-6,11-19H2,2-3H3,(H,32,33);1-5H/t22?,23-,26?;/m1./s1. The Morgan fingerprint density at radius 2 is 1.73 bits per heavy atom. The molecular weight excluding hydrogens is 565 g/mol. The van der Waals surface area contributed by atoms with Gasteiger partial charge in [0.1, 0.15) is 12.4 Å². The Morgan fingerprint density at radius 1 is 1.09 bits per heavy atom. The quantitative estimate of drug-likeness (QED) is 0.154. The number of nitrogens with zero attached hydrogens (tertiary/aromatic N) is 3. The molecule has 1 aliphatic carbocycles. The van der Waals surface area contributed by atoms with Crippen LogP contribution in [0, 0.1) is 39.6 Å². The number of carbonyl (C=O) groups excluding carboxylic acids is 1. The lowest BCUT2D eigenvalue weighted by Crippen LogP contribution is -2.48. The van der Waals surface area contributed by atoms with Crippen molar-refractivity contribution in [3.05, 3.63) is 88.7 Å². The summed E-state index contributed by atoms with van der Waals surface area (Å²) < 4.78 is 17.4. The van der Waals surface area contributed by atoms with Crippen molar-refractivity contribution in [1.29, 1.82) is 0 Å². The smallest absolute Gasteiger partial charge is 0.410 e. The maximum atomic E-state index is 12.9. The lowest BCUT2D eigenvalue weighted by atomic mass is 9.85. The first kappa shape index (κ1) is 34.7. The molecule has 1 heterocycles. The summed E-state index contributed by atoms with van der Waals surface area (Å²) in [7, 11) is 0. The monoisotopic (exact) mass is 611 g/mol. The van der Waals surface area contributed by atoms with Crippen LogP contribution in [-0.2, 0) is 16.1 Å². The molecule has 2 unspecified atom stereocenters. The summed E-state index contributed by atoms with van der Waals surface area (Å²) in [5.41, 5.74) is 0.702. The molecule has 1 saturated carbocycles. The summed E-state index contributed by atoms with van der Waals surface area (Å²) >= 11 is 0. The van der Waals surface area contributed by atoms with Crippen LogP contribution in [0.15, 0.2) is 67.3 Å². The highest BCUT2D eigenvalue weighted by atomic mass is 19.1. The number of amides is 1. The van der Waals surface area contributed by atoms with Gasteiger partial charge in [-0.3, -0.25) is 14.9 Å². The molecule has 1 aliphatic heterocycles. The molecule has 9 nitrogen and oxygen atoms in total. The molecule has 2 aliphatic rings. The Labute approximate surface area is 259 Å². The van der Waals surface area contributed by atoms with E-state index in [2.05, 4.69) is 11.5 Å². The number of aliphatic carboxylic acids is 1. The van der Waals surface area contributed by atoms with Gasteiger partial charge in [0.15, 0.2) is 0 Å². The third-order valence-corrected chi connectivity index (χ3v) is 8.68. The van der Waals surface area contributed by atoms with E-state index in [0.717, 1.165) is 58.2 Å². The first-order chi connectivity index (χ1) is 21.1. The van der Waals surface area contributed by atoms with Crippen molar-refractivity contribution in [3.8, 4) is 0 Å². The molecule has 240 valence electrons. The number of nitro benzene ring substituents is 1. The molecule has 1 N–H and O–H groups in total. The van der Waals surface area contributed by atoms with Gasteiger partial charge >= 0.3 is 12.1 Å². The van der Waals surface area contributed by atoms with Crippen molar-refractivity contribution in [1.82, 2.24) is 9.80 Å². The number of carboxylic acids is 1. The third kappa shape index (κ3) is 11.0. The van der Waals surface area contributed by atoms with Gasteiger partial charge in [0.2, 0.25) is 0 Å². The van der Waals surface area contributed by atoms with Crippen LogP contribution >= 0.6 is 0 Å². The van der Waals surface area contributed by atoms with E-state index in [1.807, 2.05) is 13.8 Å². The Kier molecular flexibility index (Phi) is 13.8. The van der Waals surface area contributed by atoms with E-state index in [0.29, 0.717) is 23.9 Å². The molecule has 1 saturated heterocycles. The van der Waals surface area contributed by atoms with Gasteiger partial charge in [0.25, 0.3) is 5.69 Å². The zero-order valence-corrected chi connectivity index (χ0v) is 25.9. The van der Waals surface area contributed by atoms with Gasteiger partial charge in [-0.15, -0.1) is 6.58 Å². The predicted octanol–water partition coefficient (Wildman–Crippen LogP) is 7.17. The zero-order chi connectivity index (χ0) is 32.1. The van der Waals surface area contributed by atoms with Crippen molar-refractivity contribution >= 4 is 17.7 Å². The summed E-state index contributed by atoms with van der Waals surface area (Å²) in [6, 6.07) is 14.0. The molecule has 2 aromatic rings. The number of carbonyl (C=O) groups is 2. The second-order valence-corrected chi connectivity index (χ2v) is 12.2. The minimum atomic E-state index is -0.670. The van der Waals surface area contributed by atoms with E-state index in [9.17, 15) is 29.2 Å². The highest BCUT2D eigenvalue weighted by Gasteiger charge is 2.33. The molecule has 0 radical (unpaired) electrons.